The van der Waals surface area contributed by atoms with Gasteiger partial charge in [-0.3, -0.25) is 0 Å². The lowest BCUT2D eigenvalue weighted by Crippen LogP contribution is -2.73. The van der Waals surface area contributed by atoms with Gasteiger partial charge in [0.05, 0.1) is 38.1 Å². The molecule has 1 spiro atoms. The maximum atomic E-state index is 6.36. The molecule has 2 heterocycles. The second-order valence-electron chi connectivity index (χ2n) is 6.64. The summed E-state index contributed by atoms with van der Waals surface area (Å²) in [5, 5.41) is 5.60. The van der Waals surface area contributed by atoms with Crippen LogP contribution in [0.2, 0.25) is 0 Å². The lowest BCUT2D eigenvalue weighted by molar-refractivity contribution is -0.557. The van der Waals surface area contributed by atoms with Crippen LogP contribution < -0.4 is 21.1 Å². The number of hydrogen-bond donors (Lipinski definition) is 3. The van der Waals surface area contributed by atoms with Crippen molar-refractivity contribution in [3.8, 4) is 5.75 Å². The van der Waals surface area contributed by atoms with Gasteiger partial charge in [-0.05, 0) is 43.0 Å². The molecule has 3 rings (SSSR count). The van der Waals surface area contributed by atoms with Gasteiger partial charge in [-0.1, -0.05) is 6.07 Å². The summed E-state index contributed by atoms with van der Waals surface area (Å²) in [4.78, 5) is 0. The molecule has 2 aliphatic rings. The SMILES string of the molecule is C[NH2+]/C=C(\N)[C@@H]1CC2(C[C@H](C)N1)OCCc1cc(OC)ccc12. The third-order valence-corrected chi connectivity index (χ3v) is 4.97. The average molecular weight is 318 g/mol. The van der Waals surface area contributed by atoms with Crippen LogP contribution >= 0.6 is 0 Å². The Morgan fingerprint density at radius 2 is 2.30 bits per heavy atom. The van der Waals surface area contributed by atoms with Crippen molar-refractivity contribution in [2.24, 2.45) is 5.73 Å². The Kier molecular flexibility index (Phi) is 4.62. The second kappa shape index (κ2) is 6.51. The van der Waals surface area contributed by atoms with Gasteiger partial charge < -0.3 is 25.8 Å². The minimum Gasteiger partial charge on any atom is -0.497 e. The molecule has 1 fully saturated rings. The van der Waals surface area contributed by atoms with E-state index in [0.29, 0.717) is 6.04 Å². The number of fused-ring (bicyclic) bond motifs is 2. The topological polar surface area (TPSA) is 73.1 Å². The minimum absolute atomic E-state index is 0.142. The molecule has 1 unspecified atom stereocenters. The molecule has 2 aliphatic heterocycles. The summed E-state index contributed by atoms with van der Waals surface area (Å²) in [5.41, 5.74) is 9.54. The molecule has 0 amide bonds. The summed E-state index contributed by atoms with van der Waals surface area (Å²) in [6.45, 7) is 2.96. The molecular weight excluding hydrogens is 290 g/mol. The molecule has 0 radical (unpaired) electrons. The predicted molar refractivity (Wildman–Crippen MR) is 90.1 cm³/mol. The summed E-state index contributed by atoms with van der Waals surface area (Å²) in [6, 6.07) is 6.86. The molecule has 126 valence electrons. The Balaban J connectivity index is 1.97. The number of ether oxygens (including phenoxy) is 2. The van der Waals surface area contributed by atoms with Crippen LogP contribution in [0.1, 0.15) is 30.9 Å². The number of nitrogens with two attached hydrogens (primary N) is 2. The van der Waals surface area contributed by atoms with E-state index in [9.17, 15) is 0 Å². The van der Waals surface area contributed by atoms with Crippen molar-refractivity contribution >= 4 is 0 Å². The first kappa shape index (κ1) is 16.3. The van der Waals surface area contributed by atoms with E-state index in [1.54, 1.807) is 7.11 Å². The third-order valence-electron chi connectivity index (χ3n) is 4.97. The summed E-state index contributed by atoms with van der Waals surface area (Å²) in [5.74, 6) is 0.916. The van der Waals surface area contributed by atoms with Gasteiger partial charge in [-0.15, -0.1) is 0 Å². The fourth-order valence-corrected chi connectivity index (χ4v) is 4.01. The van der Waals surface area contributed by atoms with E-state index >= 15 is 0 Å². The Bertz CT molecular complexity index is 602. The number of nitrogens with one attached hydrogen (secondary N) is 1. The van der Waals surface area contributed by atoms with Gasteiger partial charge in [-0.25, -0.2) is 0 Å². The average Bonchev–Trinajstić information content (AvgIpc) is 2.54. The molecule has 1 aromatic carbocycles. The maximum absolute atomic E-state index is 6.36. The van der Waals surface area contributed by atoms with Gasteiger partial charge in [0, 0.05) is 12.5 Å². The lowest BCUT2D eigenvalue weighted by atomic mass is 9.75. The largest absolute Gasteiger partial charge is 0.497 e. The molecule has 1 aromatic rings. The normalized spacial score (nSPS) is 31.0. The zero-order valence-electron chi connectivity index (χ0n) is 14.3. The van der Waals surface area contributed by atoms with E-state index in [1.165, 1.54) is 11.1 Å². The highest BCUT2D eigenvalue weighted by Gasteiger charge is 2.45. The quantitative estimate of drug-likeness (QED) is 0.763. The number of quaternary nitrogens is 1. The molecule has 5 nitrogen and oxygen atoms in total. The van der Waals surface area contributed by atoms with Crippen LogP contribution in [0, 0.1) is 0 Å². The molecular formula is C18H28N3O2+. The smallest absolute Gasteiger partial charge is 0.119 e. The van der Waals surface area contributed by atoms with Gasteiger partial charge in [0.2, 0.25) is 0 Å². The molecule has 23 heavy (non-hydrogen) atoms. The van der Waals surface area contributed by atoms with Crippen molar-refractivity contribution in [1.82, 2.24) is 5.32 Å². The Labute approximate surface area is 138 Å². The molecule has 0 saturated carbocycles. The van der Waals surface area contributed by atoms with Crippen LogP contribution in [-0.4, -0.2) is 32.8 Å². The van der Waals surface area contributed by atoms with Crippen LogP contribution in [0.3, 0.4) is 0 Å². The number of hydrogen-bond acceptors (Lipinski definition) is 4. The zero-order valence-corrected chi connectivity index (χ0v) is 14.3. The first-order chi connectivity index (χ1) is 11.1. The van der Waals surface area contributed by atoms with E-state index in [-0.39, 0.29) is 11.6 Å². The molecule has 0 aliphatic carbocycles. The van der Waals surface area contributed by atoms with E-state index in [4.69, 9.17) is 15.2 Å². The first-order valence-corrected chi connectivity index (χ1v) is 8.40. The number of piperidine rings is 1. The van der Waals surface area contributed by atoms with Gasteiger partial charge in [0.25, 0.3) is 0 Å². The Hall–Kier alpha value is -1.56. The summed E-state index contributed by atoms with van der Waals surface area (Å²) < 4.78 is 11.7. The van der Waals surface area contributed by atoms with Crippen LogP contribution in [0.15, 0.2) is 30.1 Å². The standard InChI is InChI=1S/C18H27N3O2/c1-12-9-18(10-17(21-12)16(19)11-20-2)15-5-4-14(22-3)8-13(15)6-7-23-18/h4-5,8,11-12,17,20-21H,6-7,9-10,19H2,1-3H3/p+1/b16-11-/t12-,17-,18?/m0/s1. The van der Waals surface area contributed by atoms with Gasteiger partial charge in [-0.2, -0.15) is 0 Å². The van der Waals surface area contributed by atoms with Gasteiger partial charge >= 0.3 is 0 Å². The van der Waals surface area contributed by atoms with Crippen molar-refractivity contribution in [2.45, 2.75) is 43.9 Å². The third kappa shape index (κ3) is 3.09. The van der Waals surface area contributed by atoms with E-state index in [0.717, 1.165) is 37.3 Å². The number of benzene rings is 1. The Morgan fingerprint density at radius 3 is 3.04 bits per heavy atom. The fraction of sp³-hybridized carbons (Fsp3) is 0.556. The molecule has 5 heteroatoms. The summed E-state index contributed by atoms with van der Waals surface area (Å²) >= 11 is 0. The van der Waals surface area contributed by atoms with Gasteiger partial charge in [0.15, 0.2) is 0 Å². The highest BCUT2D eigenvalue weighted by molar-refractivity contribution is 5.41. The fourth-order valence-electron chi connectivity index (χ4n) is 4.01. The van der Waals surface area contributed by atoms with Crippen molar-refractivity contribution in [3.05, 3.63) is 41.2 Å². The summed E-state index contributed by atoms with van der Waals surface area (Å²) in [7, 11) is 3.71. The number of rotatable bonds is 3. The van der Waals surface area contributed by atoms with E-state index in [2.05, 4.69) is 24.4 Å². The Morgan fingerprint density at radius 1 is 1.48 bits per heavy atom. The van der Waals surface area contributed by atoms with Crippen LogP contribution in [0.25, 0.3) is 0 Å². The van der Waals surface area contributed by atoms with Crippen molar-refractivity contribution in [1.29, 1.82) is 0 Å². The van der Waals surface area contributed by atoms with Crippen molar-refractivity contribution in [3.63, 3.8) is 0 Å². The van der Waals surface area contributed by atoms with Crippen LogP contribution in [0.4, 0.5) is 0 Å². The predicted octanol–water partition coefficient (Wildman–Crippen LogP) is 0.597. The number of methoxy groups -OCH3 is 1. The molecule has 3 atom stereocenters. The maximum Gasteiger partial charge on any atom is 0.119 e. The second-order valence-corrected chi connectivity index (χ2v) is 6.64. The summed E-state index contributed by atoms with van der Waals surface area (Å²) in [6.07, 6.45) is 4.76. The first-order valence-electron chi connectivity index (χ1n) is 8.40. The monoisotopic (exact) mass is 318 g/mol. The highest BCUT2D eigenvalue weighted by atomic mass is 16.5. The van der Waals surface area contributed by atoms with Gasteiger partial charge in [0.1, 0.15) is 11.9 Å². The van der Waals surface area contributed by atoms with E-state index in [1.807, 2.05) is 24.6 Å². The van der Waals surface area contributed by atoms with Crippen molar-refractivity contribution in [2.75, 3.05) is 20.8 Å². The minimum atomic E-state index is -0.249. The lowest BCUT2D eigenvalue weighted by Gasteiger charge is -2.47. The van der Waals surface area contributed by atoms with Crippen molar-refractivity contribution < 1.29 is 14.8 Å². The molecule has 0 aromatic heterocycles. The molecule has 5 N–H and O–H groups in total. The van der Waals surface area contributed by atoms with Crippen LogP contribution in [-0.2, 0) is 16.8 Å². The van der Waals surface area contributed by atoms with Crippen LogP contribution in [0.5, 0.6) is 5.75 Å². The molecule has 0 bridgehead atoms. The highest BCUT2D eigenvalue weighted by Crippen LogP contribution is 2.44. The zero-order chi connectivity index (χ0) is 16.4. The molecule has 1 saturated heterocycles. The van der Waals surface area contributed by atoms with E-state index < -0.39 is 0 Å².